The van der Waals surface area contributed by atoms with Crippen LogP contribution in [0.15, 0.2) is 36.4 Å². The minimum Gasteiger partial charge on any atom is -0.497 e. The fraction of sp³-hybridized carbons (Fsp3) is 0.278. The molecule has 5 heteroatoms. The number of carboxylic acid groups (broad SMARTS) is 1. The number of aryl methyl sites for hydroxylation is 1. The van der Waals surface area contributed by atoms with Crippen molar-refractivity contribution >= 4 is 5.97 Å². The van der Waals surface area contributed by atoms with Crippen molar-refractivity contribution in [2.75, 3.05) is 21.3 Å². The lowest BCUT2D eigenvalue weighted by molar-refractivity contribution is -0.136. The average molecular weight is 316 g/mol. The highest BCUT2D eigenvalue weighted by molar-refractivity contribution is 5.73. The van der Waals surface area contributed by atoms with Crippen molar-refractivity contribution in [1.29, 1.82) is 0 Å². The number of hydrogen-bond acceptors (Lipinski definition) is 4. The molecule has 2 aromatic carbocycles. The average Bonchev–Trinajstić information content (AvgIpc) is 2.58. The Morgan fingerprint density at radius 1 is 0.957 bits per heavy atom. The van der Waals surface area contributed by atoms with Gasteiger partial charge in [-0.1, -0.05) is 12.1 Å². The molecule has 0 bridgehead atoms. The lowest BCUT2D eigenvalue weighted by Gasteiger charge is -2.14. The van der Waals surface area contributed by atoms with E-state index in [1.165, 1.54) is 0 Å². The summed E-state index contributed by atoms with van der Waals surface area (Å²) in [5.74, 6) is 1.16. The van der Waals surface area contributed by atoms with Gasteiger partial charge in [0.25, 0.3) is 0 Å². The quantitative estimate of drug-likeness (QED) is 0.848. The highest BCUT2D eigenvalue weighted by Crippen LogP contribution is 2.35. The zero-order valence-electron chi connectivity index (χ0n) is 13.5. The number of hydrogen-bond donors (Lipinski definition) is 1. The van der Waals surface area contributed by atoms with Crippen LogP contribution in [-0.4, -0.2) is 32.4 Å². The summed E-state index contributed by atoms with van der Waals surface area (Å²) in [5, 5.41) is 8.95. The molecular weight excluding hydrogens is 296 g/mol. The Bertz CT molecular complexity index is 694. The van der Waals surface area contributed by atoms with Crippen LogP contribution in [0.4, 0.5) is 0 Å². The second-order valence-electron chi connectivity index (χ2n) is 4.99. The minimum atomic E-state index is -0.828. The van der Waals surface area contributed by atoms with Crippen LogP contribution in [0.3, 0.4) is 0 Å². The molecule has 0 atom stereocenters. The van der Waals surface area contributed by atoms with Crippen molar-refractivity contribution in [3.05, 3.63) is 42.0 Å². The molecule has 0 aliphatic heterocycles. The van der Waals surface area contributed by atoms with E-state index in [9.17, 15) is 4.79 Å². The van der Waals surface area contributed by atoms with Crippen LogP contribution in [0.2, 0.25) is 0 Å². The molecule has 0 saturated heterocycles. The molecule has 0 aliphatic rings. The highest BCUT2D eigenvalue weighted by atomic mass is 16.5. The first-order valence-electron chi connectivity index (χ1n) is 7.20. The van der Waals surface area contributed by atoms with Gasteiger partial charge in [-0.2, -0.15) is 0 Å². The molecule has 0 amide bonds. The molecule has 1 N–H and O–H groups in total. The first-order valence-corrected chi connectivity index (χ1v) is 7.20. The third-order valence-electron chi connectivity index (χ3n) is 3.62. The van der Waals surface area contributed by atoms with Crippen LogP contribution in [0.5, 0.6) is 17.2 Å². The van der Waals surface area contributed by atoms with Gasteiger partial charge in [0.1, 0.15) is 5.75 Å². The van der Waals surface area contributed by atoms with Crippen LogP contribution < -0.4 is 14.2 Å². The van der Waals surface area contributed by atoms with Crippen molar-refractivity contribution in [1.82, 2.24) is 0 Å². The first kappa shape index (κ1) is 16.7. The third-order valence-corrected chi connectivity index (χ3v) is 3.62. The summed E-state index contributed by atoms with van der Waals surface area (Å²) >= 11 is 0. The Hall–Kier alpha value is -2.69. The maximum absolute atomic E-state index is 10.9. The largest absolute Gasteiger partial charge is 0.497 e. The summed E-state index contributed by atoms with van der Waals surface area (Å²) in [4.78, 5) is 10.9. The van der Waals surface area contributed by atoms with E-state index in [4.69, 9.17) is 19.3 Å². The number of rotatable bonds is 7. The van der Waals surface area contributed by atoms with E-state index in [0.29, 0.717) is 23.7 Å². The smallest absolute Gasteiger partial charge is 0.303 e. The number of ether oxygens (including phenoxy) is 3. The molecule has 0 aliphatic carbocycles. The van der Waals surface area contributed by atoms with Gasteiger partial charge in [-0.3, -0.25) is 4.79 Å². The van der Waals surface area contributed by atoms with Crippen LogP contribution in [0.25, 0.3) is 11.1 Å². The van der Waals surface area contributed by atoms with Gasteiger partial charge in [0, 0.05) is 6.42 Å². The Kier molecular flexibility index (Phi) is 5.46. The first-order chi connectivity index (χ1) is 11.1. The highest BCUT2D eigenvalue weighted by Gasteiger charge is 2.12. The van der Waals surface area contributed by atoms with E-state index >= 15 is 0 Å². The zero-order valence-corrected chi connectivity index (χ0v) is 13.5. The molecule has 0 heterocycles. The molecule has 0 spiro atoms. The van der Waals surface area contributed by atoms with Crippen LogP contribution in [0.1, 0.15) is 12.0 Å². The summed E-state index contributed by atoms with van der Waals surface area (Å²) in [7, 11) is 4.76. The fourth-order valence-electron chi connectivity index (χ4n) is 2.43. The summed E-state index contributed by atoms with van der Waals surface area (Å²) < 4.78 is 15.8. The van der Waals surface area contributed by atoms with Gasteiger partial charge in [-0.15, -0.1) is 0 Å². The molecule has 0 radical (unpaired) electrons. The Balaban J connectivity index is 2.46. The summed E-state index contributed by atoms with van der Waals surface area (Å²) in [5.41, 5.74) is 2.80. The summed E-state index contributed by atoms with van der Waals surface area (Å²) in [6, 6.07) is 11.3. The molecule has 0 unspecified atom stereocenters. The molecule has 0 saturated carbocycles. The van der Waals surface area contributed by atoms with Crippen LogP contribution in [0, 0.1) is 0 Å². The standard InChI is InChI=1S/C18H20O5/c1-21-14-6-7-15(12(10-14)5-9-18(19)20)13-4-8-16(22-2)17(11-13)23-3/h4,6-8,10-11H,5,9H2,1-3H3,(H,19,20). The Morgan fingerprint density at radius 3 is 2.30 bits per heavy atom. The molecule has 5 nitrogen and oxygen atoms in total. The molecule has 122 valence electrons. The number of carbonyl (C=O) groups is 1. The van der Waals surface area contributed by atoms with Crippen molar-refractivity contribution < 1.29 is 24.1 Å². The number of benzene rings is 2. The minimum absolute atomic E-state index is 0.0630. The Labute approximate surface area is 135 Å². The van der Waals surface area contributed by atoms with Crippen molar-refractivity contribution in [3.8, 4) is 28.4 Å². The van der Waals surface area contributed by atoms with Gasteiger partial charge in [-0.25, -0.2) is 0 Å². The van der Waals surface area contributed by atoms with Gasteiger partial charge in [0.2, 0.25) is 0 Å². The molecule has 23 heavy (non-hydrogen) atoms. The second-order valence-corrected chi connectivity index (χ2v) is 4.99. The fourth-order valence-corrected chi connectivity index (χ4v) is 2.43. The number of carboxylic acids is 1. The summed E-state index contributed by atoms with van der Waals surface area (Å²) in [6.07, 6.45) is 0.490. The van der Waals surface area contributed by atoms with Crippen molar-refractivity contribution in [2.45, 2.75) is 12.8 Å². The van der Waals surface area contributed by atoms with Gasteiger partial charge >= 0.3 is 5.97 Å². The topological polar surface area (TPSA) is 65.0 Å². The van der Waals surface area contributed by atoms with Gasteiger partial charge < -0.3 is 19.3 Å². The lowest BCUT2D eigenvalue weighted by Crippen LogP contribution is -2.00. The molecule has 2 rings (SSSR count). The van der Waals surface area contributed by atoms with Crippen molar-refractivity contribution in [3.63, 3.8) is 0 Å². The third kappa shape index (κ3) is 3.94. The van der Waals surface area contributed by atoms with E-state index in [2.05, 4.69) is 0 Å². The predicted molar refractivity (Wildman–Crippen MR) is 87.5 cm³/mol. The molecule has 0 aromatic heterocycles. The van der Waals surface area contributed by atoms with E-state index in [1.807, 2.05) is 36.4 Å². The molecule has 2 aromatic rings. The lowest BCUT2D eigenvalue weighted by atomic mass is 9.96. The second kappa shape index (κ2) is 7.54. The monoisotopic (exact) mass is 316 g/mol. The van der Waals surface area contributed by atoms with Gasteiger partial charge in [0.05, 0.1) is 21.3 Å². The van der Waals surface area contributed by atoms with E-state index in [1.54, 1.807) is 21.3 Å². The summed E-state index contributed by atoms with van der Waals surface area (Å²) in [6.45, 7) is 0. The van der Waals surface area contributed by atoms with Crippen molar-refractivity contribution in [2.24, 2.45) is 0 Å². The maximum Gasteiger partial charge on any atom is 0.303 e. The predicted octanol–water partition coefficient (Wildman–Crippen LogP) is 3.40. The van der Waals surface area contributed by atoms with E-state index < -0.39 is 5.97 Å². The van der Waals surface area contributed by atoms with Gasteiger partial charge in [0.15, 0.2) is 11.5 Å². The maximum atomic E-state index is 10.9. The van der Waals surface area contributed by atoms with Crippen LogP contribution in [-0.2, 0) is 11.2 Å². The van der Waals surface area contributed by atoms with E-state index in [-0.39, 0.29) is 6.42 Å². The number of aliphatic carboxylic acids is 1. The zero-order chi connectivity index (χ0) is 16.8. The van der Waals surface area contributed by atoms with Gasteiger partial charge in [-0.05, 0) is 47.4 Å². The normalized spacial score (nSPS) is 10.2. The Morgan fingerprint density at radius 2 is 1.70 bits per heavy atom. The van der Waals surface area contributed by atoms with E-state index in [0.717, 1.165) is 16.7 Å². The molecular formula is C18H20O5. The van der Waals surface area contributed by atoms with Crippen LogP contribution >= 0.6 is 0 Å². The SMILES string of the molecule is COc1ccc(-c2ccc(OC)c(OC)c2)c(CCC(=O)O)c1. The molecule has 0 fully saturated rings. The number of methoxy groups -OCH3 is 3.